The van der Waals surface area contributed by atoms with Crippen molar-refractivity contribution >= 4 is 15.9 Å². The van der Waals surface area contributed by atoms with E-state index in [-0.39, 0.29) is 5.54 Å². The van der Waals surface area contributed by atoms with E-state index in [4.69, 9.17) is 10.5 Å². The minimum Gasteiger partial charge on any atom is -0.496 e. The summed E-state index contributed by atoms with van der Waals surface area (Å²) in [6.07, 6.45) is 4.51. The predicted octanol–water partition coefficient (Wildman–Crippen LogP) is 3.49. The number of benzene rings is 1. The van der Waals surface area contributed by atoms with E-state index in [0.717, 1.165) is 34.2 Å². The molecule has 1 fully saturated rings. The fourth-order valence-corrected chi connectivity index (χ4v) is 3.35. The lowest BCUT2D eigenvalue weighted by molar-refractivity contribution is 0.375. The molecule has 0 bridgehead atoms. The van der Waals surface area contributed by atoms with E-state index in [2.05, 4.69) is 35.0 Å². The molecule has 0 unspecified atom stereocenters. The third kappa shape index (κ3) is 1.87. The highest BCUT2D eigenvalue weighted by Crippen LogP contribution is 2.45. The number of aryl methyl sites for hydroxylation is 1. The fourth-order valence-electron chi connectivity index (χ4n) is 2.65. The van der Waals surface area contributed by atoms with Gasteiger partial charge in [-0.2, -0.15) is 0 Å². The van der Waals surface area contributed by atoms with Crippen LogP contribution in [0.5, 0.6) is 5.75 Å². The zero-order valence-corrected chi connectivity index (χ0v) is 11.4. The molecule has 0 radical (unpaired) electrons. The molecule has 2 N–H and O–H groups in total. The minimum atomic E-state index is -0.212. The molecule has 1 aliphatic carbocycles. The largest absolute Gasteiger partial charge is 0.496 e. The lowest BCUT2D eigenvalue weighted by Crippen LogP contribution is -2.34. The third-order valence-corrected chi connectivity index (χ3v) is 4.16. The van der Waals surface area contributed by atoms with Crippen LogP contribution in [0.2, 0.25) is 0 Å². The first-order valence-electron chi connectivity index (χ1n) is 5.71. The predicted molar refractivity (Wildman–Crippen MR) is 69.8 cm³/mol. The summed E-state index contributed by atoms with van der Waals surface area (Å²) in [5, 5.41) is 0. The first-order valence-corrected chi connectivity index (χ1v) is 6.50. The van der Waals surface area contributed by atoms with Gasteiger partial charge in [0.05, 0.1) is 7.11 Å². The van der Waals surface area contributed by atoms with Crippen molar-refractivity contribution in [1.29, 1.82) is 0 Å². The molecule has 0 atom stereocenters. The van der Waals surface area contributed by atoms with E-state index < -0.39 is 0 Å². The summed E-state index contributed by atoms with van der Waals surface area (Å²) < 4.78 is 6.59. The molecule has 1 aliphatic rings. The topological polar surface area (TPSA) is 35.2 Å². The number of hydrogen-bond donors (Lipinski definition) is 1. The van der Waals surface area contributed by atoms with Gasteiger partial charge in [-0.1, -0.05) is 34.8 Å². The molecular weight excluding hydrogens is 266 g/mol. The van der Waals surface area contributed by atoms with Gasteiger partial charge in [0.25, 0.3) is 0 Å². The highest BCUT2D eigenvalue weighted by Gasteiger charge is 2.35. The molecule has 0 amide bonds. The minimum absolute atomic E-state index is 0.212. The van der Waals surface area contributed by atoms with Crippen molar-refractivity contribution in [3.63, 3.8) is 0 Å². The Hall–Kier alpha value is -0.540. The normalized spacial score (nSPS) is 18.8. The molecule has 88 valence electrons. The van der Waals surface area contributed by atoms with Gasteiger partial charge < -0.3 is 10.5 Å². The Morgan fingerprint density at radius 1 is 1.31 bits per heavy atom. The van der Waals surface area contributed by atoms with Crippen LogP contribution < -0.4 is 10.5 Å². The Kier molecular flexibility index (Phi) is 3.27. The third-order valence-electron chi connectivity index (χ3n) is 3.50. The van der Waals surface area contributed by atoms with Crippen LogP contribution in [0.15, 0.2) is 16.6 Å². The summed E-state index contributed by atoms with van der Waals surface area (Å²) in [6, 6.07) is 4.13. The van der Waals surface area contributed by atoms with Crippen LogP contribution in [0.3, 0.4) is 0 Å². The lowest BCUT2D eigenvalue weighted by atomic mass is 9.87. The van der Waals surface area contributed by atoms with Crippen LogP contribution in [0.4, 0.5) is 0 Å². The van der Waals surface area contributed by atoms with E-state index in [0.29, 0.717) is 0 Å². The summed E-state index contributed by atoms with van der Waals surface area (Å²) in [5.41, 5.74) is 8.60. The van der Waals surface area contributed by atoms with Gasteiger partial charge in [0, 0.05) is 15.6 Å². The van der Waals surface area contributed by atoms with E-state index in [9.17, 15) is 0 Å². The smallest absolute Gasteiger partial charge is 0.127 e. The van der Waals surface area contributed by atoms with E-state index in [1.165, 1.54) is 12.8 Å². The van der Waals surface area contributed by atoms with Gasteiger partial charge in [0.2, 0.25) is 0 Å². The molecule has 1 saturated carbocycles. The molecule has 1 aromatic rings. The van der Waals surface area contributed by atoms with Crippen LogP contribution in [0, 0.1) is 6.92 Å². The van der Waals surface area contributed by atoms with Crippen molar-refractivity contribution in [3.05, 3.63) is 27.7 Å². The number of nitrogens with two attached hydrogens (primary N) is 1. The van der Waals surface area contributed by atoms with E-state index in [1.54, 1.807) is 7.11 Å². The van der Waals surface area contributed by atoms with Gasteiger partial charge in [-0.05, 0) is 31.4 Å². The van der Waals surface area contributed by atoms with Gasteiger partial charge >= 0.3 is 0 Å². The molecule has 0 aromatic heterocycles. The van der Waals surface area contributed by atoms with Crippen molar-refractivity contribution < 1.29 is 4.74 Å². The van der Waals surface area contributed by atoms with Crippen molar-refractivity contribution in [2.45, 2.75) is 38.1 Å². The molecule has 2 rings (SSSR count). The number of halogens is 1. The zero-order chi connectivity index (χ0) is 11.8. The number of methoxy groups -OCH3 is 1. The van der Waals surface area contributed by atoms with Crippen LogP contribution in [0.1, 0.15) is 36.8 Å². The molecule has 2 nitrogen and oxygen atoms in total. The summed E-state index contributed by atoms with van der Waals surface area (Å²) in [4.78, 5) is 0. The van der Waals surface area contributed by atoms with Crippen molar-refractivity contribution in [3.8, 4) is 5.75 Å². The maximum atomic E-state index is 6.52. The second-order valence-corrected chi connectivity index (χ2v) is 5.49. The molecule has 0 aliphatic heterocycles. The Bertz CT molecular complexity index is 397. The standard InChI is InChI=1S/C13H18BrNO/c1-9-5-6-10(14)11(12(9)16-2)13(15)7-3-4-8-13/h5-6H,3-4,7-8,15H2,1-2H3. The maximum absolute atomic E-state index is 6.52. The molecule has 0 saturated heterocycles. The maximum Gasteiger partial charge on any atom is 0.127 e. The molecule has 3 heteroatoms. The summed E-state index contributed by atoms with van der Waals surface area (Å²) in [6.45, 7) is 2.06. The van der Waals surface area contributed by atoms with Crippen LogP contribution in [-0.4, -0.2) is 7.11 Å². The second-order valence-electron chi connectivity index (χ2n) is 4.64. The Morgan fingerprint density at radius 2 is 1.94 bits per heavy atom. The van der Waals surface area contributed by atoms with Gasteiger partial charge in [-0.25, -0.2) is 0 Å². The lowest BCUT2D eigenvalue weighted by Gasteiger charge is -2.28. The molecule has 16 heavy (non-hydrogen) atoms. The highest BCUT2D eigenvalue weighted by atomic mass is 79.9. The number of hydrogen-bond acceptors (Lipinski definition) is 2. The molecule has 0 spiro atoms. The molecular formula is C13H18BrNO. The quantitative estimate of drug-likeness (QED) is 0.902. The van der Waals surface area contributed by atoms with Crippen LogP contribution >= 0.6 is 15.9 Å². The SMILES string of the molecule is COc1c(C)ccc(Br)c1C1(N)CCCC1. The second kappa shape index (κ2) is 4.38. The monoisotopic (exact) mass is 283 g/mol. The number of ether oxygens (including phenoxy) is 1. The van der Waals surface area contributed by atoms with Crippen molar-refractivity contribution in [2.75, 3.05) is 7.11 Å². The van der Waals surface area contributed by atoms with Gasteiger partial charge in [0.1, 0.15) is 5.75 Å². The fraction of sp³-hybridized carbons (Fsp3) is 0.538. The zero-order valence-electron chi connectivity index (χ0n) is 9.85. The van der Waals surface area contributed by atoms with Crippen molar-refractivity contribution in [1.82, 2.24) is 0 Å². The Morgan fingerprint density at radius 3 is 2.50 bits per heavy atom. The van der Waals surface area contributed by atoms with E-state index >= 15 is 0 Å². The van der Waals surface area contributed by atoms with Gasteiger partial charge in [0.15, 0.2) is 0 Å². The average molecular weight is 284 g/mol. The summed E-state index contributed by atoms with van der Waals surface area (Å²) in [7, 11) is 1.72. The molecule has 1 aromatic carbocycles. The molecule has 0 heterocycles. The van der Waals surface area contributed by atoms with Crippen LogP contribution in [0.25, 0.3) is 0 Å². The Balaban J connectivity index is 2.57. The van der Waals surface area contributed by atoms with Crippen LogP contribution in [-0.2, 0) is 5.54 Å². The first kappa shape index (κ1) is 11.9. The Labute approximate surface area is 105 Å². The first-order chi connectivity index (χ1) is 7.58. The van der Waals surface area contributed by atoms with Crippen molar-refractivity contribution in [2.24, 2.45) is 5.73 Å². The number of rotatable bonds is 2. The average Bonchev–Trinajstić information content (AvgIpc) is 2.69. The van der Waals surface area contributed by atoms with Gasteiger partial charge in [-0.15, -0.1) is 0 Å². The summed E-state index contributed by atoms with van der Waals surface area (Å²) in [5.74, 6) is 0.943. The van der Waals surface area contributed by atoms with E-state index in [1.807, 2.05) is 0 Å². The highest BCUT2D eigenvalue weighted by molar-refractivity contribution is 9.10. The van der Waals surface area contributed by atoms with Gasteiger partial charge in [-0.3, -0.25) is 0 Å². The summed E-state index contributed by atoms with van der Waals surface area (Å²) >= 11 is 3.61.